The lowest BCUT2D eigenvalue weighted by molar-refractivity contribution is -0.122. The monoisotopic (exact) mass is 257 g/mol. The number of ketones is 1. The SMILES string of the molecule is Cc1cc(OCC(=O)C[C@H](O)CN)ccc1Cl. The number of rotatable bonds is 6. The minimum absolute atomic E-state index is 0.0169. The fraction of sp³-hybridized carbons (Fsp3) is 0.417. The predicted octanol–water partition coefficient (Wildman–Crippen LogP) is 1.31. The van der Waals surface area contributed by atoms with Crippen LogP contribution < -0.4 is 10.5 Å². The summed E-state index contributed by atoms with van der Waals surface area (Å²) >= 11 is 5.86. The maximum Gasteiger partial charge on any atom is 0.172 e. The van der Waals surface area contributed by atoms with Crippen molar-refractivity contribution < 1.29 is 14.6 Å². The number of hydrogen-bond acceptors (Lipinski definition) is 4. The molecule has 0 bridgehead atoms. The van der Waals surface area contributed by atoms with Gasteiger partial charge in [0.25, 0.3) is 0 Å². The van der Waals surface area contributed by atoms with Gasteiger partial charge in [-0.1, -0.05) is 11.6 Å². The first-order chi connectivity index (χ1) is 8.02. The van der Waals surface area contributed by atoms with Gasteiger partial charge in [-0.15, -0.1) is 0 Å². The molecule has 0 aromatic heterocycles. The van der Waals surface area contributed by atoms with E-state index in [-0.39, 0.29) is 25.4 Å². The smallest absolute Gasteiger partial charge is 0.172 e. The van der Waals surface area contributed by atoms with Crippen LogP contribution in [0.2, 0.25) is 5.02 Å². The largest absolute Gasteiger partial charge is 0.486 e. The molecule has 0 amide bonds. The number of ether oxygens (including phenoxy) is 1. The molecule has 0 aliphatic carbocycles. The summed E-state index contributed by atoms with van der Waals surface area (Å²) in [5.41, 5.74) is 6.09. The highest BCUT2D eigenvalue weighted by Crippen LogP contribution is 2.20. The molecule has 3 N–H and O–H groups in total. The fourth-order valence-corrected chi connectivity index (χ4v) is 1.39. The van der Waals surface area contributed by atoms with E-state index in [1.165, 1.54) is 0 Å². The van der Waals surface area contributed by atoms with E-state index < -0.39 is 6.10 Å². The maximum absolute atomic E-state index is 11.4. The zero-order valence-corrected chi connectivity index (χ0v) is 10.4. The number of carbonyl (C=O) groups is 1. The molecule has 0 unspecified atom stereocenters. The second-order valence-corrected chi connectivity index (χ2v) is 4.24. The Morgan fingerprint density at radius 2 is 2.29 bits per heavy atom. The van der Waals surface area contributed by atoms with Gasteiger partial charge >= 0.3 is 0 Å². The van der Waals surface area contributed by atoms with Crippen molar-refractivity contribution in [2.45, 2.75) is 19.4 Å². The summed E-state index contributed by atoms with van der Waals surface area (Å²) in [4.78, 5) is 11.4. The average Bonchev–Trinajstić information content (AvgIpc) is 2.30. The second-order valence-electron chi connectivity index (χ2n) is 3.83. The number of hydrogen-bond donors (Lipinski definition) is 2. The Morgan fingerprint density at radius 1 is 1.59 bits per heavy atom. The Bertz CT molecular complexity index is 395. The van der Waals surface area contributed by atoms with E-state index in [1.807, 2.05) is 6.92 Å². The van der Waals surface area contributed by atoms with Crippen molar-refractivity contribution in [3.8, 4) is 5.75 Å². The fourth-order valence-electron chi connectivity index (χ4n) is 1.28. The molecule has 0 spiro atoms. The number of aliphatic hydroxyl groups is 1. The molecular weight excluding hydrogens is 242 g/mol. The number of Topliss-reactive ketones (excluding diaryl/α,β-unsaturated/α-hetero) is 1. The van der Waals surface area contributed by atoms with Gasteiger partial charge in [0.1, 0.15) is 12.4 Å². The quantitative estimate of drug-likeness (QED) is 0.806. The summed E-state index contributed by atoms with van der Waals surface area (Å²) < 4.78 is 5.29. The van der Waals surface area contributed by atoms with E-state index in [2.05, 4.69) is 0 Å². The van der Waals surface area contributed by atoms with Crippen LogP contribution in [0.15, 0.2) is 18.2 Å². The van der Waals surface area contributed by atoms with Gasteiger partial charge in [0, 0.05) is 18.0 Å². The van der Waals surface area contributed by atoms with Crippen molar-refractivity contribution in [3.05, 3.63) is 28.8 Å². The Kier molecular flexibility index (Phi) is 5.41. The van der Waals surface area contributed by atoms with Crippen LogP contribution in [0, 0.1) is 6.92 Å². The molecule has 1 aromatic rings. The number of nitrogens with two attached hydrogens (primary N) is 1. The van der Waals surface area contributed by atoms with Gasteiger partial charge in [-0.05, 0) is 30.7 Å². The lowest BCUT2D eigenvalue weighted by Gasteiger charge is -2.09. The second kappa shape index (κ2) is 6.59. The van der Waals surface area contributed by atoms with Crippen LogP contribution in [0.4, 0.5) is 0 Å². The third kappa shape index (κ3) is 4.73. The van der Waals surface area contributed by atoms with Crippen LogP contribution in [0.3, 0.4) is 0 Å². The normalized spacial score (nSPS) is 12.2. The molecular formula is C12H16ClNO3. The minimum atomic E-state index is -0.793. The molecule has 0 saturated heterocycles. The molecule has 5 heteroatoms. The number of aryl methyl sites for hydroxylation is 1. The summed E-state index contributed by atoms with van der Waals surface area (Å²) in [5.74, 6) is 0.401. The Balaban J connectivity index is 2.45. The zero-order chi connectivity index (χ0) is 12.8. The summed E-state index contributed by atoms with van der Waals surface area (Å²) in [7, 11) is 0. The molecule has 1 atom stereocenters. The van der Waals surface area contributed by atoms with Crippen molar-refractivity contribution in [2.24, 2.45) is 5.73 Å². The highest BCUT2D eigenvalue weighted by Gasteiger charge is 2.10. The lowest BCUT2D eigenvalue weighted by atomic mass is 10.2. The van der Waals surface area contributed by atoms with Crippen LogP contribution in [-0.2, 0) is 4.79 Å². The number of halogens is 1. The van der Waals surface area contributed by atoms with Crippen LogP contribution >= 0.6 is 11.6 Å². The summed E-state index contributed by atoms with van der Waals surface area (Å²) in [6.07, 6.45) is -0.777. The third-order valence-corrected chi connectivity index (χ3v) is 2.69. The predicted molar refractivity (Wildman–Crippen MR) is 66.4 cm³/mol. The number of aliphatic hydroxyl groups excluding tert-OH is 1. The zero-order valence-electron chi connectivity index (χ0n) is 9.65. The van der Waals surface area contributed by atoms with Gasteiger partial charge in [-0.2, -0.15) is 0 Å². The van der Waals surface area contributed by atoms with Crippen LogP contribution in [0.25, 0.3) is 0 Å². The number of carbonyl (C=O) groups excluding carboxylic acids is 1. The Labute approximate surface area is 105 Å². The molecule has 1 rings (SSSR count). The summed E-state index contributed by atoms with van der Waals surface area (Å²) in [6, 6.07) is 5.17. The van der Waals surface area contributed by atoms with Gasteiger partial charge in [0.15, 0.2) is 5.78 Å². The molecule has 0 saturated carbocycles. The van der Waals surface area contributed by atoms with Crippen LogP contribution in [0.1, 0.15) is 12.0 Å². The van der Waals surface area contributed by atoms with Crippen molar-refractivity contribution in [2.75, 3.05) is 13.2 Å². The molecule has 0 radical (unpaired) electrons. The van der Waals surface area contributed by atoms with E-state index in [4.69, 9.17) is 22.1 Å². The van der Waals surface area contributed by atoms with Crippen molar-refractivity contribution in [1.82, 2.24) is 0 Å². The molecule has 4 nitrogen and oxygen atoms in total. The highest BCUT2D eigenvalue weighted by atomic mass is 35.5. The van der Waals surface area contributed by atoms with Gasteiger partial charge in [-0.3, -0.25) is 4.79 Å². The third-order valence-electron chi connectivity index (χ3n) is 2.26. The van der Waals surface area contributed by atoms with E-state index in [9.17, 15) is 9.90 Å². The molecule has 0 aliphatic heterocycles. The summed E-state index contributed by atoms with van der Waals surface area (Å²) in [5, 5.41) is 9.84. The Morgan fingerprint density at radius 3 is 2.88 bits per heavy atom. The van der Waals surface area contributed by atoms with Gasteiger partial charge < -0.3 is 15.6 Å². The van der Waals surface area contributed by atoms with Crippen LogP contribution in [0.5, 0.6) is 5.75 Å². The minimum Gasteiger partial charge on any atom is -0.486 e. The van der Waals surface area contributed by atoms with Crippen molar-refractivity contribution >= 4 is 17.4 Å². The molecule has 0 fully saturated rings. The van der Waals surface area contributed by atoms with E-state index in [1.54, 1.807) is 18.2 Å². The van der Waals surface area contributed by atoms with E-state index >= 15 is 0 Å². The van der Waals surface area contributed by atoms with Crippen molar-refractivity contribution in [1.29, 1.82) is 0 Å². The maximum atomic E-state index is 11.4. The summed E-state index contributed by atoms with van der Waals surface area (Å²) in [6.45, 7) is 1.86. The van der Waals surface area contributed by atoms with Gasteiger partial charge in [0.05, 0.1) is 6.10 Å². The first kappa shape index (κ1) is 14.0. The molecule has 17 heavy (non-hydrogen) atoms. The number of benzene rings is 1. The molecule has 0 heterocycles. The van der Waals surface area contributed by atoms with Gasteiger partial charge in [-0.25, -0.2) is 0 Å². The molecule has 0 aliphatic rings. The molecule has 94 valence electrons. The first-order valence-electron chi connectivity index (χ1n) is 5.31. The highest BCUT2D eigenvalue weighted by molar-refractivity contribution is 6.31. The van der Waals surface area contributed by atoms with Crippen molar-refractivity contribution in [3.63, 3.8) is 0 Å². The average molecular weight is 258 g/mol. The lowest BCUT2D eigenvalue weighted by Crippen LogP contribution is -2.25. The standard InChI is InChI=1S/C12H16ClNO3/c1-8-4-11(2-3-12(8)13)17-7-10(16)5-9(15)6-14/h2-4,9,15H,5-7,14H2,1H3/t9-/m0/s1. The topological polar surface area (TPSA) is 72.5 Å². The van der Waals surface area contributed by atoms with Crippen LogP contribution in [-0.4, -0.2) is 30.1 Å². The molecule has 1 aromatic carbocycles. The Hall–Kier alpha value is -1.10. The van der Waals surface area contributed by atoms with E-state index in [0.29, 0.717) is 10.8 Å². The first-order valence-corrected chi connectivity index (χ1v) is 5.69. The van der Waals surface area contributed by atoms with E-state index in [0.717, 1.165) is 5.56 Å². The van der Waals surface area contributed by atoms with Gasteiger partial charge in [0.2, 0.25) is 0 Å².